The predicted octanol–water partition coefficient (Wildman–Crippen LogP) is 1.44. The van der Waals surface area contributed by atoms with E-state index in [1.165, 1.54) is 7.11 Å². The molecule has 1 saturated carbocycles. The summed E-state index contributed by atoms with van der Waals surface area (Å²) in [6.45, 7) is 0. The molecule has 1 spiro atoms. The number of likely N-dealkylation sites (N-methyl/N-ethyl adjacent to an activating group) is 1. The van der Waals surface area contributed by atoms with Gasteiger partial charge in [-0.3, -0.25) is 14.4 Å². The molecule has 5 heteroatoms. The van der Waals surface area contributed by atoms with Crippen LogP contribution in [-0.2, 0) is 24.5 Å². The number of amides is 1. The Morgan fingerprint density at radius 3 is 2.71 bits per heavy atom. The fraction of sp³-hybridized carbons (Fsp3) is 0.438. The van der Waals surface area contributed by atoms with Crippen molar-refractivity contribution in [3.63, 3.8) is 0 Å². The van der Waals surface area contributed by atoms with Crippen LogP contribution in [0.2, 0.25) is 0 Å². The van der Waals surface area contributed by atoms with Crippen molar-refractivity contribution in [3.8, 4) is 0 Å². The van der Waals surface area contributed by atoms with Gasteiger partial charge in [0.2, 0.25) is 5.91 Å². The van der Waals surface area contributed by atoms with E-state index in [-0.39, 0.29) is 18.1 Å². The summed E-state index contributed by atoms with van der Waals surface area (Å²) in [4.78, 5) is 38.3. The molecule has 1 aliphatic carbocycles. The van der Waals surface area contributed by atoms with Gasteiger partial charge in [-0.25, -0.2) is 0 Å². The number of para-hydroxylation sites is 1. The Labute approximate surface area is 122 Å². The molecule has 0 saturated heterocycles. The highest BCUT2D eigenvalue weighted by Crippen LogP contribution is 2.49. The largest absolute Gasteiger partial charge is 0.468 e. The summed E-state index contributed by atoms with van der Waals surface area (Å²) in [5.41, 5.74) is 0.952. The summed E-state index contributed by atoms with van der Waals surface area (Å²) >= 11 is 0. The number of methoxy groups -OCH3 is 1. The van der Waals surface area contributed by atoms with E-state index < -0.39 is 17.3 Å². The van der Waals surface area contributed by atoms with Crippen molar-refractivity contribution in [2.24, 2.45) is 5.92 Å². The van der Waals surface area contributed by atoms with Gasteiger partial charge in [-0.2, -0.15) is 0 Å². The molecule has 5 nitrogen and oxygen atoms in total. The van der Waals surface area contributed by atoms with E-state index in [0.29, 0.717) is 12.8 Å². The molecule has 0 N–H and O–H groups in total. The average molecular weight is 287 g/mol. The molecule has 3 rings (SSSR count). The highest BCUT2D eigenvalue weighted by atomic mass is 16.5. The number of hydrogen-bond acceptors (Lipinski definition) is 4. The number of rotatable bonds is 1. The van der Waals surface area contributed by atoms with Gasteiger partial charge in [0, 0.05) is 19.2 Å². The van der Waals surface area contributed by atoms with Crippen LogP contribution in [0.5, 0.6) is 0 Å². The first kappa shape index (κ1) is 13.8. The molecule has 21 heavy (non-hydrogen) atoms. The third kappa shape index (κ3) is 1.80. The molecule has 1 heterocycles. The predicted molar refractivity (Wildman–Crippen MR) is 75.9 cm³/mol. The van der Waals surface area contributed by atoms with Crippen molar-refractivity contribution in [1.82, 2.24) is 0 Å². The Kier molecular flexibility index (Phi) is 3.08. The molecule has 110 valence electrons. The van der Waals surface area contributed by atoms with Crippen molar-refractivity contribution >= 4 is 23.3 Å². The number of carbonyl (C=O) groups excluding carboxylic acids is 3. The smallest absolute Gasteiger partial charge is 0.316 e. The van der Waals surface area contributed by atoms with Gasteiger partial charge in [-0.15, -0.1) is 0 Å². The normalized spacial score (nSPS) is 27.9. The molecule has 2 aliphatic rings. The quantitative estimate of drug-likeness (QED) is 0.579. The zero-order chi connectivity index (χ0) is 15.2. The first-order valence-electron chi connectivity index (χ1n) is 6.99. The Hall–Kier alpha value is -2.17. The van der Waals surface area contributed by atoms with Crippen LogP contribution in [0.4, 0.5) is 5.69 Å². The molecule has 1 aromatic carbocycles. The molecular weight excluding hydrogens is 270 g/mol. The molecule has 0 radical (unpaired) electrons. The van der Waals surface area contributed by atoms with Gasteiger partial charge < -0.3 is 9.64 Å². The molecule has 2 unspecified atom stereocenters. The highest BCUT2D eigenvalue weighted by Gasteiger charge is 2.54. The van der Waals surface area contributed by atoms with Crippen molar-refractivity contribution in [2.75, 3.05) is 19.1 Å². The monoisotopic (exact) mass is 287 g/mol. The van der Waals surface area contributed by atoms with Gasteiger partial charge in [-0.1, -0.05) is 18.2 Å². The van der Waals surface area contributed by atoms with Crippen molar-refractivity contribution in [3.05, 3.63) is 29.8 Å². The van der Waals surface area contributed by atoms with E-state index in [2.05, 4.69) is 4.74 Å². The summed E-state index contributed by atoms with van der Waals surface area (Å²) in [5.74, 6) is -1.49. The first-order chi connectivity index (χ1) is 10.0. The van der Waals surface area contributed by atoms with Gasteiger partial charge in [-0.05, 0) is 24.5 Å². The molecule has 1 aliphatic heterocycles. The molecule has 1 aromatic rings. The number of Topliss-reactive ketones (excluding diaryl/α,β-unsaturated/α-hetero) is 1. The maximum atomic E-state index is 12.7. The van der Waals surface area contributed by atoms with Gasteiger partial charge in [0.25, 0.3) is 0 Å². The lowest BCUT2D eigenvalue weighted by Gasteiger charge is -2.34. The van der Waals surface area contributed by atoms with Gasteiger partial charge in [0.05, 0.1) is 12.5 Å². The second kappa shape index (κ2) is 4.69. The van der Waals surface area contributed by atoms with E-state index in [1.54, 1.807) is 11.9 Å². The van der Waals surface area contributed by atoms with Crippen LogP contribution in [-0.4, -0.2) is 31.8 Å². The Morgan fingerprint density at radius 1 is 1.33 bits per heavy atom. The number of carbonyl (C=O) groups is 3. The van der Waals surface area contributed by atoms with Crippen LogP contribution >= 0.6 is 0 Å². The molecule has 0 bridgehead atoms. The van der Waals surface area contributed by atoms with Crippen LogP contribution in [0.3, 0.4) is 0 Å². The van der Waals surface area contributed by atoms with Crippen LogP contribution in [0, 0.1) is 5.92 Å². The van der Waals surface area contributed by atoms with Crippen molar-refractivity contribution < 1.29 is 19.1 Å². The zero-order valence-electron chi connectivity index (χ0n) is 12.1. The molecule has 1 amide bonds. The number of hydrogen-bond donors (Lipinski definition) is 0. The first-order valence-corrected chi connectivity index (χ1v) is 6.99. The number of nitrogens with zero attached hydrogens (tertiary/aromatic N) is 1. The minimum absolute atomic E-state index is 0.0552. The maximum Gasteiger partial charge on any atom is 0.316 e. The number of fused-ring (bicyclic) bond motifs is 2. The molecule has 2 atom stereocenters. The maximum absolute atomic E-state index is 12.7. The number of anilines is 1. The molecule has 0 aromatic heterocycles. The number of ether oxygens (including phenoxy) is 1. The third-order valence-corrected chi connectivity index (χ3v) is 4.71. The molecule has 1 fully saturated rings. The van der Waals surface area contributed by atoms with Crippen molar-refractivity contribution in [1.29, 1.82) is 0 Å². The fourth-order valence-corrected chi connectivity index (χ4v) is 3.58. The average Bonchev–Trinajstić information content (AvgIpc) is 2.70. The minimum atomic E-state index is -0.799. The lowest BCUT2D eigenvalue weighted by Crippen LogP contribution is -2.46. The topological polar surface area (TPSA) is 63.7 Å². The lowest BCUT2D eigenvalue weighted by atomic mass is 9.66. The SMILES string of the molecule is COC(=O)C1CCC2(CC1=O)C(=O)N(C)c1ccccc12. The number of ketones is 1. The second-order valence-electron chi connectivity index (χ2n) is 5.72. The standard InChI is InChI=1S/C16H17NO4/c1-17-12-6-4-3-5-11(12)16(15(17)20)8-7-10(13(18)9-16)14(19)21-2/h3-6,10H,7-9H2,1-2H3. The van der Waals surface area contributed by atoms with Gasteiger partial charge in [0.1, 0.15) is 11.7 Å². The summed E-state index contributed by atoms with van der Waals surface area (Å²) in [5, 5.41) is 0. The molecular formula is C16H17NO4. The second-order valence-corrected chi connectivity index (χ2v) is 5.72. The highest BCUT2D eigenvalue weighted by molar-refractivity contribution is 6.12. The Balaban J connectivity index is 1.99. The van der Waals surface area contributed by atoms with E-state index in [0.717, 1.165) is 11.3 Å². The third-order valence-electron chi connectivity index (χ3n) is 4.71. The summed E-state index contributed by atoms with van der Waals surface area (Å²) in [7, 11) is 3.01. The van der Waals surface area contributed by atoms with Gasteiger partial charge >= 0.3 is 5.97 Å². The van der Waals surface area contributed by atoms with E-state index in [9.17, 15) is 14.4 Å². The van der Waals surface area contributed by atoms with Gasteiger partial charge in [0.15, 0.2) is 0 Å². The Morgan fingerprint density at radius 2 is 2.05 bits per heavy atom. The lowest BCUT2D eigenvalue weighted by molar-refractivity contribution is -0.152. The van der Waals surface area contributed by atoms with E-state index >= 15 is 0 Å². The van der Waals surface area contributed by atoms with Crippen LogP contribution in [0.25, 0.3) is 0 Å². The summed E-state index contributed by atoms with van der Waals surface area (Å²) < 4.78 is 4.67. The van der Waals surface area contributed by atoms with E-state index in [1.807, 2.05) is 24.3 Å². The van der Waals surface area contributed by atoms with E-state index in [4.69, 9.17) is 0 Å². The summed E-state index contributed by atoms with van der Waals surface area (Å²) in [6.07, 6.45) is 0.936. The Bertz CT molecular complexity index is 639. The van der Waals surface area contributed by atoms with Crippen LogP contribution in [0.1, 0.15) is 24.8 Å². The van der Waals surface area contributed by atoms with Crippen molar-refractivity contribution in [2.45, 2.75) is 24.7 Å². The fourth-order valence-electron chi connectivity index (χ4n) is 3.58. The van der Waals surface area contributed by atoms with Crippen LogP contribution < -0.4 is 4.90 Å². The number of benzene rings is 1. The number of esters is 1. The zero-order valence-corrected chi connectivity index (χ0v) is 12.1. The summed E-state index contributed by atoms with van der Waals surface area (Å²) in [6, 6.07) is 7.55. The minimum Gasteiger partial charge on any atom is -0.468 e. The van der Waals surface area contributed by atoms with Crippen LogP contribution in [0.15, 0.2) is 24.3 Å².